The van der Waals surface area contributed by atoms with E-state index in [1.165, 1.54) is 0 Å². The van der Waals surface area contributed by atoms with Crippen LogP contribution in [0.3, 0.4) is 0 Å². The van der Waals surface area contributed by atoms with Crippen LogP contribution in [-0.4, -0.2) is 51.5 Å². The van der Waals surface area contributed by atoms with E-state index >= 15 is 0 Å². The van der Waals surface area contributed by atoms with Crippen molar-refractivity contribution in [2.45, 2.75) is 50.2 Å². The average Bonchev–Trinajstić information content (AvgIpc) is 2.95. The summed E-state index contributed by atoms with van der Waals surface area (Å²) in [5, 5.41) is 0. The second-order valence-corrected chi connectivity index (χ2v) is 8.84. The van der Waals surface area contributed by atoms with Crippen LogP contribution < -0.4 is 4.74 Å². The molecule has 0 bridgehead atoms. The van der Waals surface area contributed by atoms with Crippen LogP contribution in [0, 0.1) is 0 Å². The van der Waals surface area contributed by atoms with Gasteiger partial charge < -0.3 is 33.2 Å². The highest BCUT2D eigenvalue weighted by molar-refractivity contribution is 5.26. The van der Waals surface area contributed by atoms with Gasteiger partial charge in [-0.2, -0.15) is 0 Å². The summed E-state index contributed by atoms with van der Waals surface area (Å²) < 4.78 is 42.6. The summed E-state index contributed by atoms with van der Waals surface area (Å²) in [6.07, 6.45) is -2.87. The van der Waals surface area contributed by atoms with Gasteiger partial charge in [-0.15, -0.1) is 0 Å². The molecule has 0 spiro atoms. The summed E-state index contributed by atoms with van der Waals surface area (Å²) in [7, 11) is 3.26. The van der Waals surface area contributed by atoms with Crippen molar-refractivity contribution >= 4 is 0 Å². The van der Waals surface area contributed by atoms with Gasteiger partial charge in [-0.3, -0.25) is 0 Å². The van der Waals surface area contributed by atoms with Crippen LogP contribution in [-0.2, 0) is 41.6 Å². The van der Waals surface area contributed by atoms with E-state index in [1.807, 2.05) is 84.9 Å². The third-order valence-electron chi connectivity index (χ3n) is 6.47. The topological polar surface area (TPSA) is 64.6 Å². The molecular weight excluding hydrogens is 460 g/mol. The molecule has 2 aliphatic rings. The molecule has 0 aliphatic carbocycles. The highest BCUT2D eigenvalue weighted by Crippen LogP contribution is 2.37. The quantitative estimate of drug-likeness (QED) is 0.431. The third kappa shape index (κ3) is 5.78. The number of ether oxygens (including phenoxy) is 7. The van der Waals surface area contributed by atoms with Crippen molar-refractivity contribution in [1.29, 1.82) is 0 Å². The van der Waals surface area contributed by atoms with E-state index in [9.17, 15) is 0 Å². The molecule has 2 fully saturated rings. The first kappa shape index (κ1) is 24.9. The van der Waals surface area contributed by atoms with Gasteiger partial charge in [0.2, 0.25) is 0 Å². The summed E-state index contributed by atoms with van der Waals surface area (Å²) in [6.45, 7) is 1.13. The Morgan fingerprint density at radius 3 is 2.03 bits per heavy atom. The van der Waals surface area contributed by atoms with Gasteiger partial charge in [-0.1, -0.05) is 72.8 Å². The van der Waals surface area contributed by atoms with Crippen LogP contribution in [0.4, 0.5) is 0 Å². The predicted octanol–water partition coefficient (Wildman–Crippen LogP) is 4.65. The van der Waals surface area contributed by atoms with Crippen molar-refractivity contribution in [1.82, 2.24) is 0 Å². The molecule has 0 saturated carbocycles. The molecular formula is C29H32O7. The number of benzene rings is 3. The largest absolute Gasteiger partial charge is 0.497 e. The molecule has 5 rings (SSSR count). The zero-order valence-electron chi connectivity index (χ0n) is 20.5. The summed E-state index contributed by atoms with van der Waals surface area (Å²) in [5.74, 6) is 0.798. The Morgan fingerprint density at radius 2 is 1.36 bits per heavy atom. The van der Waals surface area contributed by atoms with Gasteiger partial charge in [0.05, 0.1) is 26.9 Å². The summed E-state index contributed by atoms with van der Waals surface area (Å²) >= 11 is 0. The number of hydrogen-bond donors (Lipinski definition) is 0. The Balaban J connectivity index is 1.38. The van der Waals surface area contributed by atoms with E-state index in [4.69, 9.17) is 33.2 Å². The predicted molar refractivity (Wildman–Crippen MR) is 132 cm³/mol. The summed E-state index contributed by atoms with van der Waals surface area (Å²) in [4.78, 5) is 0. The van der Waals surface area contributed by atoms with Crippen LogP contribution in [0.25, 0.3) is 0 Å². The SMILES string of the molecule is COc1ccc(CO[C@@H]2[C@@H](OCc3ccccc3)[C@@H](OC)O[C@@H]3COC(c4ccccc4)O[C@@H]23)cc1. The lowest BCUT2D eigenvalue weighted by molar-refractivity contribution is -0.369. The molecule has 2 saturated heterocycles. The molecule has 36 heavy (non-hydrogen) atoms. The van der Waals surface area contributed by atoms with Crippen molar-refractivity contribution < 1.29 is 33.2 Å². The van der Waals surface area contributed by atoms with Crippen molar-refractivity contribution in [2.75, 3.05) is 20.8 Å². The molecule has 1 unspecified atom stereocenters. The Labute approximate surface area is 211 Å². The number of hydrogen-bond acceptors (Lipinski definition) is 7. The minimum absolute atomic E-state index is 0.354. The van der Waals surface area contributed by atoms with Gasteiger partial charge in [-0.25, -0.2) is 0 Å². The number of fused-ring (bicyclic) bond motifs is 1. The zero-order valence-corrected chi connectivity index (χ0v) is 20.5. The maximum Gasteiger partial charge on any atom is 0.186 e. The third-order valence-corrected chi connectivity index (χ3v) is 6.47. The smallest absolute Gasteiger partial charge is 0.186 e. The van der Waals surface area contributed by atoms with Crippen molar-refractivity contribution in [3.63, 3.8) is 0 Å². The Kier molecular flexibility index (Phi) is 8.28. The highest BCUT2D eigenvalue weighted by atomic mass is 16.8. The maximum absolute atomic E-state index is 6.52. The van der Waals surface area contributed by atoms with E-state index in [0.717, 1.165) is 22.4 Å². The second-order valence-electron chi connectivity index (χ2n) is 8.84. The minimum atomic E-state index is -0.628. The Morgan fingerprint density at radius 1 is 0.722 bits per heavy atom. The first-order valence-corrected chi connectivity index (χ1v) is 12.2. The first-order chi connectivity index (χ1) is 17.7. The van der Waals surface area contributed by atoms with Crippen LogP contribution in [0.2, 0.25) is 0 Å². The fraction of sp³-hybridized carbons (Fsp3) is 0.379. The van der Waals surface area contributed by atoms with Crippen molar-refractivity contribution in [3.8, 4) is 5.75 Å². The van der Waals surface area contributed by atoms with E-state index in [2.05, 4.69) is 0 Å². The summed E-state index contributed by atoms with van der Waals surface area (Å²) in [5.41, 5.74) is 3.01. The summed E-state index contributed by atoms with van der Waals surface area (Å²) in [6, 6.07) is 27.7. The molecule has 0 amide bonds. The molecule has 6 atom stereocenters. The molecule has 3 aromatic rings. The monoisotopic (exact) mass is 492 g/mol. The molecule has 190 valence electrons. The standard InChI is InChI=1S/C29H32O7/c1-30-23-15-13-21(14-16-23)18-32-26-25-24(19-34-28(36-25)22-11-7-4-8-12-22)35-29(31-2)27(26)33-17-20-9-5-3-6-10-20/h3-16,24-29H,17-19H2,1-2H3/t24-,25-,26+,27-,28?,29+/m1/s1. The van der Waals surface area contributed by atoms with Crippen LogP contribution in [0.15, 0.2) is 84.9 Å². The van der Waals surface area contributed by atoms with Crippen molar-refractivity contribution in [2.24, 2.45) is 0 Å². The normalized spacial score (nSPS) is 27.8. The zero-order chi connectivity index (χ0) is 24.7. The highest BCUT2D eigenvalue weighted by Gasteiger charge is 2.51. The van der Waals surface area contributed by atoms with Crippen LogP contribution in [0.5, 0.6) is 5.75 Å². The van der Waals surface area contributed by atoms with Gasteiger partial charge in [-0.05, 0) is 23.3 Å². The van der Waals surface area contributed by atoms with E-state index in [1.54, 1.807) is 14.2 Å². The molecule has 2 aliphatic heterocycles. The lowest BCUT2D eigenvalue weighted by atomic mass is 9.97. The number of rotatable bonds is 9. The molecule has 3 aromatic carbocycles. The minimum Gasteiger partial charge on any atom is -0.497 e. The Bertz CT molecular complexity index is 1050. The van der Waals surface area contributed by atoms with Gasteiger partial charge in [0.1, 0.15) is 30.2 Å². The average molecular weight is 493 g/mol. The molecule has 2 heterocycles. The van der Waals surface area contributed by atoms with Gasteiger partial charge >= 0.3 is 0 Å². The van der Waals surface area contributed by atoms with Gasteiger partial charge in [0.15, 0.2) is 12.6 Å². The molecule has 0 N–H and O–H groups in total. The number of methoxy groups -OCH3 is 2. The van der Waals surface area contributed by atoms with Crippen LogP contribution in [0.1, 0.15) is 23.0 Å². The lowest BCUT2D eigenvalue weighted by Gasteiger charge is -2.48. The van der Waals surface area contributed by atoms with Gasteiger partial charge in [0.25, 0.3) is 0 Å². The van der Waals surface area contributed by atoms with E-state index in [0.29, 0.717) is 19.8 Å². The molecule has 7 nitrogen and oxygen atoms in total. The maximum atomic E-state index is 6.52. The second kappa shape index (κ2) is 12.0. The fourth-order valence-electron chi connectivity index (χ4n) is 4.56. The first-order valence-electron chi connectivity index (χ1n) is 12.2. The molecule has 7 heteroatoms. The molecule has 0 aromatic heterocycles. The Hall–Kier alpha value is -2.78. The van der Waals surface area contributed by atoms with Crippen molar-refractivity contribution in [3.05, 3.63) is 102 Å². The van der Waals surface area contributed by atoms with Crippen LogP contribution >= 0.6 is 0 Å². The van der Waals surface area contributed by atoms with E-state index in [-0.39, 0.29) is 6.10 Å². The lowest BCUT2D eigenvalue weighted by Crippen LogP contribution is -2.63. The van der Waals surface area contributed by atoms with Gasteiger partial charge in [0, 0.05) is 12.7 Å². The molecule has 0 radical (unpaired) electrons. The fourth-order valence-corrected chi connectivity index (χ4v) is 4.56. The van der Waals surface area contributed by atoms with E-state index < -0.39 is 30.9 Å².